The highest BCUT2D eigenvalue weighted by Crippen LogP contribution is 2.39. The first-order valence-electron chi connectivity index (χ1n) is 11.1. The summed E-state index contributed by atoms with van der Waals surface area (Å²) in [4.78, 5) is 41.7. The Morgan fingerprint density at radius 3 is 3.03 bits per heavy atom. The van der Waals surface area contributed by atoms with Crippen LogP contribution in [0.2, 0.25) is 0 Å². The minimum absolute atomic E-state index is 0.0856. The van der Waals surface area contributed by atoms with Gasteiger partial charge in [0.15, 0.2) is 11.5 Å². The van der Waals surface area contributed by atoms with Gasteiger partial charge in [0, 0.05) is 37.7 Å². The van der Waals surface area contributed by atoms with Crippen LogP contribution in [0.4, 0.5) is 10.2 Å². The number of likely N-dealkylation sites (tertiary alicyclic amines) is 1. The number of nitrogens with one attached hydrogen (secondary N) is 1. The SMILES string of the molecule is CC(=O)N1CC[C@H]2NC(=O)c3cnn4ccc(nc34)N3OCCC3c3cc(F)cnc3O[C@H]2C1. The molecule has 3 aromatic rings. The van der Waals surface area contributed by atoms with Crippen molar-refractivity contribution in [2.45, 2.75) is 38.0 Å². The van der Waals surface area contributed by atoms with Crippen molar-refractivity contribution in [1.29, 1.82) is 0 Å². The number of carbonyl (C=O) groups is 2. The lowest BCUT2D eigenvalue weighted by Gasteiger charge is -2.38. The maximum atomic E-state index is 14.3. The highest BCUT2D eigenvalue weighted by atomic mass is 19.1. The smallest absolute Gasteiger partial charge is 0.257 e. The van der Waals surface area contributed by atoms with E-state index >= 15 is 0 Å². The van der Waals surface area contributed by atoms with Gasteiger partial charge >= 0.3 is 0 Å². The maximum Gasteiger partial charge on any atom is 0.257 e. The van der Waals surface area contributed by atoms with Crippen LogP contribution < -0.4 is 15.1 Å². The van der Waals surface area contributed by atoms with Gasteiger partial charge in [-0.15, -0.1) is 0 Å². The summed E-state index contributed by atoms with van der Waals surface area (Å²) in [6, 6.07) is 2.29. The highest BCUT2D eigenvalue weighted by Gasteiger charge is 2.38. The molecule has 3 aromatic heterocycles. The number of aromatic nitrogens is 4. The van der Waals surface area contributed by atoms with Crippen LogP contribution in [0.25, 0.3) is 5.65 Å². The largest absolute Gasteiger partial charge is 0.470 e. The summed E-state index contributed by atoms with van der Waals surface area (Å²) >= 11 is 0. The molecule has 2 bridgehead atoms. The van der Waals surface area contributed by atoms with E-state index < -0.39 is 24.0 Å². The molecule has 0 spiro atoms. The van der Waals surface area contributed by atoms with Gasteiger partial charge in [0.05, 0.1) is 37.6 Å². The zero-order valence-electron chi connectivity index (χ0n) is 18.3. The van der Waals surface area contributed by atoms with E-state index in [0.717, 1.165) is 6.20 Å². The number of hydroxylamine groups is 1. The standard InChI is InChI=1S/C22H22FN7O4/c1-12(31)28-5-2-16-18(11-28)34-22-14(8-13(23)9-24-22)17-4-7-33-30(17)19-3-6-29-20(27-19)15(10-25-29)21(32)26-16/h3,6,8-10,16-18H,2,4-5,7,11H2,1H3,(H,26,32)/t16-,17?,18+/m1/s1. The number of hydrogen-bond donors (Lipinski definition) is 1. The maximum absolute atomic E-state index is 14.3. The molecule has 0 aromatic carbocycles. The predicted molar refractivity (Wildman–Crippen MR) is 116 cm³/mol. The Labute approximate surface area is 193 Å². The third-order valence-electron chi connectivity index (χ3n) is 6.52. The van der Waals surface area contributed by atoms with Crippen molar-refractivity contribution >= 4 is 23.3 Å². The van der Waals surface area contributed by atoms with E-state index in [9.17, 15) is 14.0 Å². The summed E-state index contributed by atoms with van der Waals surface area (Å²) < 4.78 is 22.2. The lowest BCUT2D eigenvalue weighted by atomic mass is 10.0. The second-order valence-electron chi connectivity index (χ2n) is 8.61. The second-order valence-corrected chi connectivity index (χ2v) is 8.61. The fourth-order valence-corrected chi connectivity index (χ4v) is 4.78. The third-order valence-corrected chi connectivity index (χ3v) is 6.52. The van der Waals surface area contributed by atoms with E-state index in [4.69, 9.17) is 9.57 Å². The van der Waals surface area contributed by atoms with E-state index in [-0.39, 0.29) is 24.2 Å². The lowest BCUT2D eigenvalue weighted by molar-refractivity contribution is -0.131. The van der Waals surface area contributed by atoms with Crippen molar-refractivity contribution in [2.75, 3.05) is 24.8 Å². The predicted octanol–water partition coefficient (Wildman–Crippen LogP) is 1.26. The molecule has 0 saturated carbocycles. The molecule has 0 radical (unpaired) electrons. The third kappa shape index (κ3) is 3.41. The molecule has 11 nitrogen and oxygen atoms in total. The van der Waals surface area contributed by atoms with E-state index in [2.05, 4.69) is 20.4 Å². The Morgan fingerprint density at radius 2 is 2.18 bits per heavy atom. The second kappa shape index (κ2) is 7.90. The van der Waals surface area contributed by atoms with Gasteiger partial charge in [0.1, 0.15) is 17.5 Å². The Bertz CT molecular complexity index is 1300. The molecule has 2 amide bonds. The Balaban J connectivity index is 1.51. The molecule has 3 aliphatic heterocycles. The quantitative estimate of drug-likeness (QED) is 0.526. The molecule has 12 heteroatoms. The Kier molecular flexibility index (Phi) is 4.83. The number of ether oxygens (including phenoxy) is 1. The zero-order valence-corrected chi connectivity index (χ0v) is 18.3. The number of carbonyl (C=O) groups excluding carboxylic acids is 2. The van der Waals surface area contributed by atoms with Crippen molar-refractivity contribution in [1.82, 2.24) is 29.8 Å². The van der Waals surface area contributed by atoms with Crippen molar-refractivity contribution in [3.8, 4) is 5.88 Å². The number of fused-ring (bicyclic) bond motifs is 6. The van der Waals surface area contributed by atoms with Crippen LogP contribution in [-0.2, 0) is 9.63 Å². The number of pyridine rings is 1. The number of halogens is 1. The normalized spacial score (nSPS) is 24.3. The molecule has 0 aliphatic carbocycles. The molecule has 3 aliphatic rings. The lowest BCUT2D eigenvalue weighted by Crippen LogP contribution is -2.57. The molecule has 6 heterocycles. The first kappa shape index (κ1) is 20.8. The zero-order chi connectivity index (χ0) is 23.4. The van der Waals surface area contributed by atoms with Crippen LogP contribution in [-0.4, -0.2) is 68.1 Å². The molecule has 176 valence electrons. The average molecular weight is 467 g/mol. The molecular weight excluding hydrogens is 445 g/mol. The van der Waals surface area contributed by atoms with Crippen LogP contribution in [0.15, 0.2) is 30.7 Å². The van der Waals surface area contributed by atoms with Gasteiger partial charge in [-0.25, -0.2) is 23.9 Å². The van der Waals surface area contributed by atoms with Crippen LogP contribution in [0.3, 0.4) is 0 Å². The van der Waals surface area contributed by atoms with Gasteiger partial charge in [-0.05, 0) is 12.5 Å². The minimum atomic E-state index is -0.586. The van der Waals surface area contributed by atoms with Crippen molar-refractivity contribution in [3.63, 3.8) is 0 Å². The Morgan fingerprint density at radius 1 is 1.29 bits per heavy atom. The van der Waals surface area contributed by atoms with E-state index in [1.54, 1.807) is 22.2 Å². The molecule has 6 rings (SSSR count). The van der Waals surface area contributed by atoms with Crippen molar-refractivity contribution < 1.29 is 23.6 Å². The minimum Gasteiger partial charge on any atom is -0.470 e. The van der Waals surface area contributed by atoms with Crippen LogP contribution in [0.5, 0.6) is 5.88 Å². The molecule has 1 unspecified atom stereocenters. The summed E-state index contributed by atoms with van der Waals surface area (Å²) in [5.74, 6) is -0.240. The van der Waals surface area contributed by atoms with Crippen LogP contribution >= 0.6 is 0 Å². The summed E-state index contributed by atoms with van der Waals surface area (Å²) in [5.41, 5.74) is 1.20. The highest BCUT2D eigenvalue weighted by molar-refractivity contribution is 6.00. The molecular formula is C22H22FN7O4. The van der Waals surface area contributed by atoms with Crippen LogP contribution in [0.1, 0.15) is 41.7 Å². The van der Waals surface area contributed by atoms with E-state index in [0.29, 0.717) is 48.6 Å². The van der Waals surface area contributed by atoms with Crippen molar-refractivity contribution in [3.05, 3.63) is 47.7 Å². The number of piperidine rings is 1. The van der Waals surface area contributed by atoms with Gasteiger partial charge in [0.25, 0.3) is 5.91 Å². The summed E-state index contributed by atoms with van der Waals surface area (Å²) in [6.07, 6.45) is 4.72. The van der Waals surface area contributed by atoms with Gasteiger partial charge in [-0.2, -0.15) is 5.10 Å². The number of nitrogens with zero attached hydrogens (tertiary/aromatic N) is 6. The summed E-state index contributed by atoms with van der Waals surface area (Å²) in [6.45, 7) is 2.63. The summed E-state index contributed by atoms with van der Waals surface area (Å²) in [5, 5.41) is 8.86. The number of rotatable bonds is 0. The first-order chi connectivity index (χ1) is 16.5. The molecule has 2 saturated heterocycles. The van der Waals surface area contributed by atoms with Gasteiger partial charge in [-0.3, -0.25) is 14.4 Å². The first-order valence-corrected chi connectivity index (χ1v) is 11.1. The van der Waals surface area contributed by atoms with Gasteiger partial charge in [-0.1, -0.05) is 0 Å². The van der Waals surface area contributed by atoms with Crippen LogP contribution in [0, 0.1) is 5.82 Å². The summed E-state index contributed by atoms with van der Waals surface area (Å²) in [7, 11) is 0. The fraction of sp³-hybridized carbons (Fsp3) is 0.409. The number of amides is 2. The molecule has 2 fully saturated rings. The Hall–Kier alpha value is -3.80. The molecule has 3 atom stereocenters. The van der Waals surface area contributed by atoms with Gasteiger partial charge in [0.2, 0.25) is 11.8 Å². The van der Waals surface area contributed by atoms with E-state index in [1.165, 1.54) is 23.7 Å². The number of hydrogen-bond acceptors (Lipinski definition) is 8. The average Bonchev–Trinajstić information content (AvgIpc) is 3.47. The van der Waals surface area contributed by atoms with E-state index in [1.807, 2.05) is 0 Å². The topological polar surface area (TPSA) is 114 Å². The van der Waals surface area contributed by atoms with Gasteiger partial charge < -0.3 is 15.0 Å². The molecule has 1 N–H and O–H groups in total. The molecule has 34 heavy (non-hydrogen) atoms. The number of anilines is 1. The fourth-order valence-electron chi connectivity index (χ4n) is 4.78. The van der Waals surface area contributed by atoms with Crippen molar-refractivity contribution in [2.24, 2.45) is 0 Å². The monoisotopic (exact) mass is 467 g/mol.